The lowest BCUT2D eigenvalue weighted by Gasteiger charge is -2.14. The van der Waals surface area contributed by atoms with E-state index in [4.69, 9.17) is 9.47 Å². The lowest BCUT2D eigenvalue weighted by molar-refractivity contribution is 0.441. The first-order chi connectivity index (χ1) is 13.6. The van der Waals surface area contributed by atoms with Gasteiger partial charge in [-0.2, -0.15) is 0 Å². The zero-order valence-electron chi connectivity index (χ0n) is 16.1. The summed E-state index contributed by atoms with van der Waals surface area (Å²) in [5.74, 6) is 2.77. The van der Waals surface area contributed by atoms with E-state index in [1.165, 1.54) is 19.3 Å². The van der Waals surface area contributed by atoms with Crippen LogP contribution < -0.4 is 9.47 Å². The summed E-state index contributed by atoms with van der Waals surface area (Å²) in [6, 6.07) is 19.2. The number of phenolic OH excluding ortho intramolecular Hbond substituents is 2. The van der Waals surface area contributed by atoms with Gasteiger partial charge in [0.25, 0.3) is 0 Å². The van der Waals surface area contributed by atoms with Gasteiger partial charge in [-0.3, -0.25) is 0 Å². The molecule has 0 saturated heterocycles. The van der Waals surface area contributed by atoms with E-state index in [0.29, 0.717) is 23.0 Å². The molecule has 0 aliphatic rings. The Morgan fingerprint density at radius 2 is 1.32 bits per heavy atom. The van der Waals surface area contributed by atoms with Gasteiger partial charge in [-0.1, -0.05) is 44.4 Å². The number of ether oxygens (including phenoxy) is 2. The SMILES string of the molecule is CCCCCCc1ccc(Oc2cccc(O)c2)cc1Oc1cccc(O)c1. The van der Waals surface area contributed by atoms with E-state index in [1.807, 2.05) is 24.3 Å². The second-order valence-electron chi connectivity index (χ2n) is 6.78. The summed E-state index contributed by atoms with van der Waals surface area (Å²) in [6.45, 7) is 2.20. The highest BCUT2D eigenvalue weighted by molar-refractivity contribution is 5.46. The van der Waals surface area contributed by atoms with E-state index >= 15 is 0 Å². The molecule has 0 aromatic heterocycles. The van der Waals surface area contributed by atoms with Crippen LogP contribution in [0.2, 0.25) is 0 Å². The van der Waals surface area contributed by atoms with Crippen molar-refractivity contribution >= 4 is 0 Å². The summed E-state index contributed by atoms with van der Waals surface area (Å²) in [6.07, 6.45) is 5.62. The second kappa shape index (κ2) is 9.70. The van der Waals surface area contributed by atoms with E-state index < -0.39 is 0 Å². The van der Waals surface area contributed by atoms with Gasteiger partial charge in [-0.05, 0) is 48.7 Å². The highest BCUT2D eigenvalue weighted by Crippen LogP contribution is 2.34. The average Bonchev–Trinajstić information content (AvgIpc) is 2.67. The average molecular weight is 378 g/mol. The summed E-state index contributed by atoms with van der Waals surface area (Å²) in [5, 5.41) is 19.3. The first-order valence-corrected chi connectivity index (χ1v) is 9.71. The van der Waals surface area contributed by atoms with Gasteiger partial charge in [0.2, 0.25) is 0 Å². The molecule has 0 heterocycles. The van der Waals surface area contributed by atoms with Gasteiger partial charge < -0.3 is 19.7 Å². The molecule has 28 heavy (non-hydrogen) atoms. The van der Waals surface area contributed by atoms with E-state index in [-0.39, 0.29) is 11.5 Å². The molecule has 0 amide bonds. The minimum atomic E-state index is 0.154. The lowest BCUT2D eigenvalue weighted by Crippen LogP contribution is -1.94. The molecule has 2 N–H and O–H groups in total. The van der Waals surface area contributed by atoms with Crippen LogP contribution in [0.3, 0.4) is 0 Å². The summed E-state index contributed by atoms with van der Waals surface area (Å²) in [4.78, 5) is 0. The molecular formula is C24H26O4. The molecule has 0 unspecified atom stereocenters. The molecule has 3 aromatic carbocycles. The number of hydrogen-bond acceptors (Lipinski definition) is 4. The smallest absolute Gasteiger partial charge is 0.134 e. The molecule has 4 heteroatoms. The van der Waals surface area contributed by atoms with Crippen molar-refractivity contribution in [2.45, 2.75) is 39.0 Å². The number of aromatic hydroxyl groups is 2. The van der Waals surface area contributed by atoms with Crippen molar-refractivity contribution < 1.29 is 19.7 Å². The van der Waals surface area contributed by atoms with Crippen molar-refractivity contribution in [1.82, 2.24) is 0 Å². The fraction of sp³-hybridized carbons (Fsp3) is 0.250. The fourth-order valence-corrected chi connectivity index (χ4v) is 3.00. The van der Waals surface area contributed by atoms with Crippen molar-refractivity contribution in [2.75, 3.05) is 0 Å². The molecule has 0 saturated carbocycles. The van der Waals surface area contributed by atoms with E-state index in [0.717, 1.165) is 18.4 Å². The molecule has 3 aromatic rings. The van der Waals surface area contributed by atoms with Crippen LogP contribution in [0.4, 0.5) is 0 Å². The highest BCUT2D eigenvalue weighted by atomic mass is 16.5. The van der Waals surface area contributed by atoms with Gasteiger partial charge in [0.05, 0.1) is 0 Å². The Bertz CT molecular complexity index is 905. The van der Waals surface area contributed by atoms with Crippen molar-refractivity contribution in [3.05, 3.63) is 72.3 Å². The Balaban J connectivity index is 1.82. The van der Waals surface area contributed by atoms with Crippen LogP contribution in [-0.2, 0) is 6.42 Å². The highest BCUT2D eigenvalue weighted by Gasteiger charge is 2.09. The number of aryl methyl sites for hydroxylation is 1. The fourth-order valence-electron chi connectivity index (χ4n) is 3.00. The summed E-state index contributed by atoms with van der Waals surface area (Å²) in [5.41, 5.74) is 1.10. The minimum Gasteiger partial charge on any atom is -0.508 e. The van der Waals surface area contributed by atoms with Crippen LogP contribution in [0.1, 0.15) is 38.2 Å². The molecule has 0 fully saturated rings. The topological polar surface area (TPSA) is 58.9 Å². The molecule has 0 aliphatic heterocycles. The number of rotatable bonds is 9. The van der Waals surface area contributed by atoms with Crippen molar-refractivity contribution in [2.24, 2.45) is 0 Å². The molecule has 0 aliphatic carbocycles. The largest absolute Gasteiger partial charge is 0.508 e. The van der Waals surface area contributed by atoms with Gasteiger partial charge in [0.15, 0.2) is 0 Å². The van der Waals surface area contributed by atoms with Crippen LogP contribution in [-0.4, -0.2) is 10.2 Å². The standard InChI is InChI=1S/C24H26O4/c1-2-3-4-5-8-18-13-14-23(27-21-11-6-9-19(25)15-21)17-24(18)28-22-12-7-10-20(26)16-22/h6-7,9-17,25-26H,2-5,8H2,1H3. The van der Waals surface area contributed by atoms with Crippen LogP contribution in [0.5, 0.6) is 34.5 Å². The Morgan fingerprint density at radius 1 is 0.679 bits per heavy atom. The van der Waals surface area contributed by atoms with Gasteiger partial charge in [-0.15, -0.1) is 0 Å². The minimum absolute atomic E-state index is 0.154. The molecular weight excluding hydrogens is 352 g/mol. The maximum absolute atomic E-state index is 9.71. The van der Waals surface area contributed by atoms with Crippen LogP contribution in [0.25, 0.3) is 0 Å². The summed E-state index contributed by atoms with van der Waals surface area (Å²) >= 11 is 0. The van der Waals surface area contributed by atoms with Crippen molar-refractivity contribution in [3.8, 4) is 34.5 Å². The Morgan fingerprint density at radius 3 is 1.96 bits per heavy atom. The molecule has 0 radical (unpaired) electrons. The number of hydrogen-bond donors (Lipinski definition) is 2. The number of phenols is 2. The predicted molar refractivity (Wildman–Crippen MR) is 111 cm³/mol. The lowest BCUT2D eigenvalue weighted by atomic mass is 10.0. The monoisotopic (exact) mass is 378 g/mol. The normalized spacial score (nSPS) is 10.6. The molecule has 3 rings (SSSR count). The van der Waals surface area contributed by atoms with E-state index in [1.54, 1.807) is 42.5 Å². The molecule has 146 valence electrons. The predicted octanol–water partition coefficient (Wildman–Crippen LogP) is 6.81. The number of benzene rings is 3. The zero-order chi connectivity index (χ0) is 19.8. The van der Waals surface area contributed by atoms with Gasteiger partial charge in [0, 0.05) is 18.2 Å². The first kappa shape index (κ1) is 19.6. The van der Waals surface area contributed by atoms with Gasteiger partial charge >= 0.3 is 0 Å². The van der Waals surface area contributed by atoms with Crippen LogP contribution in [0, 0.1) is 0 Å². The Kier molecular flexibility index (Phi) is 6.79. The maximum atomic E-state index is 9.71. The third-order valence-corrected chi connectivity index (χ3v) is 4.44. The Hall–Kier alpha value is -3.14. The van der Waals surface area contributed by atoms with Gasteiger partial charge in [0.1, 0.15) is 34.5 Å². The molecule has 0 spiro atoms. The maximum Gasteiger partial charge on any atom is 0.134 e. The third kappa shape index (κ3) is 5.68. The van der Waals surface area contributed by atoms with E-state index in [9.17, 15) is 10.2 Å². The Labute approximate surface area is 166 Å². The molecule has 0 bridgehead atoms. The molecule has 4 nitrogen and oxygen atoms in total. The van der Waals surface area contributed by atoms with Crippen molar-refractivity contribution in [1.29, 1.82) is 0 Å². The van der Waals surface area contributed by atoms with Crippen LogP contribution in [0.15, 0.2) is 66.7 Å². The summed E-state index contributed by atoms with van der Waals surface area (Å²) in [7, 11) is 0. The zero-order valence-corrected chi connectivity index (χ0v) is 16.1. The first-order valence-electron chi connectivity index (χ1n) is 9.71. The summed E-state index contributed by atoms with van der Waals surface area (Å²) < 4.78 is 11.9. The molecule has 0 atom stereocenters. The van der Waals surface area contributed by atoms with E-state index in [2.05, 4.69) is 6.92 Å². The van der Waals surface area contributed by atoms with Crippen molar-refractivity contribution in [3.63, 3.8) is 0 Å². The second-order valence-corrected chi connectivity index (χ2v) is 6.78. The van der Waals surface area contributed by atoms with Gasteiger partial charge in [-0.25, -0.2) is 0 Å². The third-order valence-electron chi connectivity index (χ3n) is 4.44. The quantitative estimate of drug-likeness (QED) is 0.402. The number of unbranched alkanes of at least 4 members (excludes halogenated alkanes) is 3. The van der Waals surface area contributed by atoms with Crippen LogP contribution >= 0.6 is 0 Å².